The van der Waals surface area contributed by atoms with E-state index in [9.17, 15) is 4.79 Å². The largest absolute Gasteiger partial charge is 0.490 e. The first kappa shape index (κ1) is 23.5. The molecule has 152 valence electrons. The number of ether oxygens (including phenoxy) is 1. The van der Waals surface area contributed by atoms with Gasteiger partial charge in [-0.25, -0.2) is 0 Å². The Bertz CT molecular complexity index is 599. The first-order chi connectivity index (χ1) is 12.5. The van der Waals surface area contributed by atoms with Gasteiger partial charge in [-0.1, -0.05) is 18.2 Å². The molecule has 0 saturated carbocycles. The number of hydrogen-bond donors (Lipinski definition) is 2. The Labute approximate surface area is 180 Å². The molecule has 0 atom stereocenters. The molecule has 27 heavy (non-hydrogen) atoms. The van der Waals surface area contributed by atoms with Crippen molar-refractivity contribution in [3.8, 4) is 5.75 Å². The van der Waals surface area contributed by atoms with Crippen LogP contribution in [0.5, 0.6) is 5.75 Å². The number of carbonyl (C=O) groups is 1. The number of nitrogens with one attached hydrogen (secondary N) is 2. The maximum Gasteiger partial charge on any atom is 0.227 e. The van der Waals surface area contributed by atoms with E-state index in [0.717, 1.165) is 37.6 Å². The number of nitrogens with zero attached hydrogens (tertiary/aromatic N) is 2. The minimum atomic E-state index is -0.485. The first-order valence-corrected chi connectivity index (χ1v) is 9.42. The van der Waals surface area contributed by atoms with E-state index < -0.39 is 5.41 Å². The zero-order valence-corrected chi connectivity index (χ0v) is 19.2. The zero-order chi connectivity index (χ0) is 19.0. The van der Waals surface area contributed by atoms with Crippen LogP contribution in [-0.2, 0) is 4.79 Å². The predicted octanol–water partition coefficient (Wildman–Crippen LogP) is 2.89. The zero-order valence-electron chi connectivity index (χ0n) is 16.8. The molecule has 1 amide bonds. The Balaban J connectivity index is 0.00000364. The average molecular weight is 488 g/mol. The van der Waals surface area contributed by atoms with Gasteiger partial charge in [-0.2, -0.15) is 0 Å². The van der Waals surface area contributed by atoms with Crippen LogP contribution in [0.2, 0.25) is 0 Å². The molecule has 1 heterocycles. The highest BCUT2D eigenvalue weighted by molar-refractivity contribution is 14.0. The summed E-state index contributed by atoms with van der Waals surface area (Å²) in [5, 5.41) is 6.24. The molecule has 0 aromatic heterocycles. The molecular formula is C20H33IN4O2. The summed E-state index contributed by atoms with van der Waals surface area (Å²) >= 11 is 0. The minimum absolute atomic E-state index is 0. The van der Waals surface area contributed by atoms with Gasteiger partial charge in [0.1, 0.15) is 11.9 Å². The topological polar surface area (TPSA) is 66.0 Å². The fourth-order valence-electron chi connectivity index (χ4n) is 2.99. The smallest absolute Gasteiger partial charge is 0.227 e. The summed E-state index contributed by atoms with van der Waals surface area (Å²) in [5.41, 5.74) is -0.485. The van der Waals surface area contributed by atoms with E-state index in [-0.39, 0.29) is 36.0 Å². The van der Waals surface area contributed by atoms with Gasteiger partial charge in [0.25, 0.3) is 0 Å². The number of amides is 1. The maximum atomic E-state index is 12.1. The van der Waals surface area contributed by atoms with Crippen LogP contribution in [0.3, 0.4) is 0 Å². The SMILES string of the molecule is CCNC(=O)C(C)(C)CNC(=NC)N1CCC(Oc2ccccc2)CC1.I. The molecule has 0 unspecified atom stereocenters. The second-order valence-corrected chi connectivity index (χ2v) is 7.26. The quantitative estimate of drug-likeness (QED) is 0.367. The lowest BCUT2D eigenvalue weighted by molar-refractivity contribution is -0.128. The van der Waals surface area contributed by atoms with Gasteiger partial charge in [0, 0.05) is 46.1 Å². The summed E-state index contributed by atoms with van der Waals surface area (Å²) in [5.74, 6) is 1.83. The Morgan fingerprint density at radius 1 is 1.22 bits per heavy atom. The Kier molecular flexibility index (Phi) is 9.90. The van der Waals surface area contributed by atoms with Gasteiger partial charge in [0.2, 0.25) is 5.91 Å². The number of para-hydroxylation sites is 1. The lowest BCUT2D eigenvalue weighted by atomic mass is 9.92. The van der Waals surface area contributed by atoms with E-state index in [0.29, 0.717) is 13.1 Å². The van der Waals surface area contributed by atoms with Gasteiger partial charge < -0.3 is 20.3 Å². The highest BCUT2D eigenvalue weighted by atomic mass is 127. The normalized spacial score (nSPS) is 15.7. The third-order valence-electron chi connectivity index (χ3n) is 4.64. The fraction of sp³-hybridized carbons (Fsp3) is 0.600. The molecule has 6 nitrogen and oxygen atoms in total. The summed E-state index contributed by atoms with van der Waals surface area (Å²) in [6.07, 6.45) is 2.14. The molecule has 0 radical (unpaired) electrons. The van der Waals surface area contributed by atoms with Crippen molar-refractivity contribution in [3.05, 3.63) is 30.3 Å². The second kappa shape index (κ2) is 11.4. The van der Waals surface area contributed by atoms with Crippen LogP contribution in [0.1, 0.15) is 33.6 Å². The molecule has 7 heteroatoms. The molecule has 0 bridgehead atoms. The Morgan fingerprint density at radius 3 is 2.41 bits per heavy atom. The number of likely N-dealkylation sites (tertiary alicyclic amines) is 1. The van der Waals surface area contributed by atoms with Gasteiger partial charge in [-0.15, -0.1) is 24.0 Å². The van der Waals surface area contributed by atoms with Crippen LogP contribution < -0.4 is 15.4 Å². The van der Waals surface area contributed by atoms with E-state index in [2.05, 4.69) is 20.5 Å². The minimum Gasteiger partial charge on any atom is -0.490 e. The van der Waals surface area contributed by atoms with Crippen molar-refractivity contribution >= 4 is 35.8 Å². The van der Waals surface area contributed by atoms with Crippen LogP contribution >= 0.6 is 24.0 Å². The van der Waals surface area contributed by atoms with Crippen LogP contribution in [0, 0.1) is 5.41 Å². The molecule has 0 aliphatic carbocycles. The maximum absolute atomic E-state index is 12.1. The highest BCUT2D eigenvalue weighted by Crippen LogP contribution is 2.19. The molecule has 1 aromatic carbocycles. The van der Waals surface area contributed by atoms with E-state index in [1.54, 1.807) is 7.05 Å². The molecule has 0 spiro atoms. The van der Waals surface area contributed by atoms with Crippen molar-refractivity contribution in [2.24, 2.45) is 10.4 Å². The number of piperidine rings is 1. The third kappa shape index (κ3) is 7.20. The summed E-state index contributed by atoms with van der Waals surface area (Å²) in [6.45, 7) is 8.79. The number of benzene rings is 1. The molecule has 1 aliphatic rings. The summed E-state index contributed by atoms with van der Waals surface area (Å²) in [6, 6.07) is 9.97. The lowest BCUT2D eigenvalue weighted by Crippen LogP contribution is -2.51. The molecule has 2 N–H and O–H groups in total. The number of rotatable bonds is 6. The second-order valence-electron chi connectivity index (χ2n) is 7.26. The summed E-state index contributed by atoms with van der Waals surface area (Å²) in [4.78, 5) is 18.8. The van der Waals surface area contributed by atoms with Gasteiger partial charge in [0.15, 0.2) is 5.96 Å². The van der Waals surface area contributed by atoms with Crippen LogP contribution in [0.25, 0.3) is 0 Å². The molecule has 1 aromatic rings. The van der Waals surface area contributed by atoms with Gasteiger partial charge in [0.05, 0.1) is 5.41 Å². The third-order valence-corrected chi connectivity index (χ3v) is 4.64. The van der Waals surface area contributed by atoms with Gasteiger partial charge >= 0.3 is 0 Å². The van der Waals surface area contributed by atoms with Gasteiger partial charge in [-0.05, 0) is 32.9 Å². The van der Waals surface area contributed by atoms with Crippen molar-refractivity contribution in [1.29, 1.82) is 0 Å². The molecule has 2 rings (SSSR count). The molecule has 1 saturated heterocycles. The highest BCUT2D eigenvalue weighted by Gasteiger charge is 2.29. The van der Waals surface area contributed by atoms with Crippen LogP contribution in [-0.4, -0.2) is 56.1 Å². The van der Waals surface area contributed by atoms with Crippen molar-refractivity contribution < 1.29 is 9.53 Å². The average Bonchev–Trinajstić information content (AvgIpc) is 2.64. The number of hydrogen-bond acceptors (Lipinski definition) is 3. The number of carbonyl (C=O) groups excluding carboxylic acids is 1. The summed E-state index contributed by atoms with van der Waals surface area (Å²) < 4.78 is 6.05. The summed E-state index contributed by atoms with van der Waals surface area (Å²) in [7, 11) is 1.79. The number of aliphatic imine (C=N–C) groups is 1. The van der Waals surface area contributed by atoms with Crippen molar-refractivity contribution in [2.45, 2.75) is 39.7 Å². The first-order valence-electron chi connectivity index (χ1n) is 9.42. The fourth-order valence-corrected chi connectivity index (χ4v) is 2.99. The number of guanidine groups is 1. The molecular weight excluding hydrogens is 455 g/mol. The predicted molar refractivity (Wildman–Crippen MR) is 121 cm³/mol. The van der Waals surface area contributed by atoms with Crippen molar-refractivity contribution in [3.63, 3.8) is 0 Å². The van der Waals surface area contributed by atoms with Crippen molar-refractivity contribution in [1.82, 2.24) is 15.5 Å². The Hall–Kier alpha value is -1.51. The monoisotopic (exact) mass is 488 g/mol. The van der Waals surface area contributed by atoms with E-state index >= 15 is 0 Å². The van der Waals surface area contributed by atoms with Crippen LogP contribution in [0.4, 0.5) is 0 Å². The van der Waals surface area contributed by atoms with Gasteiger partial charge in [-0.3, -0.25) is 9.79 Å². The lowest BCUT2D eigenvalue weighted by Gasteiger charge is -2.35. The standard InChI is InChI=1S/C20H32N4O2.HI/c1-5-22-18(25)20(2,3)15-23-19(21-4)24-13-11-17(12-14-24)26-16-9-7-6-8-10-16;/h6-10,17H,5,11-15H2,1-4H3,(H,21,23)(H,22,25);1H. The van der Waals surface area contributed by atoms with E-state index in [1.807, 2.05) is 51.1 Å². The van der Waals surface area contributed by atoms with Crippen LogP contribution in [0.15, 0.2) is 35.3 Å². The van der Waals surface area contributed by atoms with Crippen molar-refractivity contribution in [2.75, 3.05) is 33.2 Å². The molecule has 1 aliphatic heterocycles. The molecule has 1 fully saturated rings. The van der Waals surface area contributed by atoms with E-state index in [4.69, 9.17) is 4.74 Å². The van der Waals surface area contributed by atoms with E-state index in [1.165, 1.54) is 0 Å². The number of halogens is 1. The Morgan fingerprint density at radius 2 is 1.85 bits per heavy atom.